The van der Waals surface area contributed by atoms with Crippen LogP contribution in [0.15, 0.2) is 29.4 Å². The van der Waals surface area contributed by atoms with Gasteiger partial charge in [0, 0.05) is 5.02 Å². The smallest absolute Gasteiger partial charge is 0.278 e. The molecule has 2 rings (SSSR count). The fraction of sp³-hybridized carbons (Fsp3) is 0.222. The summed E-state index contributed by atoms with van der Waals surface area (Å²) in [4.78, 5) is 6.45. The van der Waals surface area contributed by atoms with Crippen LogP contribution in [0.2, 0.25) is 5.02 Å². The molecule has 0 radical (unpaired) electrons. The third-order valence-electron chi connectivity index (χ3n) is 2.04. The molecule has 1 aromatic carbocycles. The Kier molecular flexibility index (Phi) is 2.88. The van der Waals surface area contributed by atoms with Crippen molar-refractivity contribution < 1.29 is 4.84 Å². The Bertz CT molecular complexity index is 379. The second-order valence-electron chi connectivity index (χ2n) is 3.10. The molecule has 1 aliphatic rings. The summed E-state index contributed by atoms with van der Waals surface area (Å²) < 4.78 is 0. The molecule has 1 aliphatic heterocycles. The van der Waals surface area contributed by atoms with Crippen molar-refractivity contribution in [2.45, 2.75) is 12.2 Å². The molecule has 1 unspecified atom stereocenters. The molecule has 0 fully saturated rings. The molecular weight excluding hydrogens is 237 g/mol. The molecular formula is C9H9Cl2N3O. The van der Waals surface area contributed by atoms with E-state index in [0.29, 0.717) is 11.6 Å². The lowest BCUT2D eigenvalue weighted by Crippen LogP contribution is -2.36. The summed E-state index contributed by atoms with van der Waals surface area (Å²) in [6, 6.07) is 7.42. The van der Waals surface area contributed by atoms with E-state index in [1.807, 2.05) is 24.3 Å². The van der Waals surface area contributed by atoms with E-state index in [9.17, 15) is 0 Å². The SMILES string of the molecule is NC1=NOC(Cl)N1Cc1ccc(Cl)cc1. The molecule has 1 heterocycles. The van der Waals surface area contributed by atoms with Gasteiger partial charge in [0.2, 0.25) is 5.96 Å². The average Bonchev–Trinajstić information content (AvgIpc) is 2.53. The average molecular weight is 246 g/mol. The molecule has 0 amide bonds. The normalized spacial score (nSPS) is 20.0. The summed E-state index contributed by atoms with van der Waals surface area (Å²) in [5, 5.41) is 4.27. The molecule has 6 heteroatoms. The van der Waals surface area contributed by atoms with Crippen LogP contribution in [0.5, 0.6) is 0 Å². The Morgan fingerprint density at radius 2 is 2.07 bits per heavy atom. The highest BCUT2D eigenvalue weighted by Gasteiger charge is 2.25. The number of alkyl halides is 1. The number of guanidine groups is 1. The van der Waals surface area contributed by atoms with Gasteiger partial charge < -0.3 is 10.6 Å². The van der Waals surface area contributed by atoms with E-state index in [4.69, 9.17) is 33.8 Å². The molecule has 0 saturated carbocycles. The number of nitrogens with two attached hydrogens (primary N) is 1. The van der Waals surface area contributed by atoms with Crippen molar-refractivity contribution in [1.29, 1.82) is 0 Å². The fourth-order valence-corrected chi connectivity index (χ4v) is 1.58. The van der Waals surface area contributed by atoms with Crippen molar-refractivity contribution in [1.82, 2.24) is 4.90 Å². The van der Waals surface area contributed by atoms with Crippen LogP contribution in [-0.2, 0) is 11.4 Å². The molecule has 1 aromatic rings. The van der Waals surface area contributed by atoms with Gasteiger partial charge in [0.25, 0.3) is 5.69 Å². The Morgan fingerprint density at radius 3 is 2.60 bits per heavy atom. The minimum absolute atomic E-state index is 0.282. The van der Waals surface area contributed by atoms with Crippen LogP contribution in [0, 0.1) is 0 Å². The van der Waals surface area contributed by atoms with Crippen LogP contribution >= 0.6 is 23.2 Å². The van der Waals surface area contributed by atoms with E-state index in [1.165, 1.54) is 0 Å². The highest BCUT2D eigenvalue weighted by molar-refractivity contribution is 6.30. The predicted molar refractivity (Wildman–Crippen MR) is 59.3 cm³/mol. The van der Waals surface area contributed by atoms with E-state index in [-0.39, 0.29) is 5.96 Å². The lowest BCUT2D eigenvalue weighted by molar-refractivity contribution is 0.0705. The largest absolute Gasteiger partial charge is 0.367 e. The van der Waals surface area contributed by atoms with Gasteiger partial charge >= 0.3 is 0 Å². The zero-order valence-electron chi connectivity index (χ0n) is 7.73. The molecule has 15 heavy (non-hydrogen) atoms. The Balaban J connectivity index is 2.08. The minimum Gasteiger partial charge on any atom is -0.367 e. The quantitative estimate of drug-likeness (QED) is 0.640. The second-order valence-corrected chi connectivity index (χ2v) is 3.91. The van der Waals surface area contributed by atoms with Crippen LogP contribution in [-0.4, -0.2) is 16.5 Å². The van der Waals surface area contributed by atoms with Crippen LogP contribution in [0.4, 0.5) is 0 Å². The van der Waals surface area contributed by atoms with Crippen LogP contribution in [0.3, 0.4) is 0 Å². The van der Waals surface area contributed by atoms with Crippen LogP contribution in [0.25, 0.3) is 0 Å². The maximum Gasteiger partial charge on any atom is 0.278 e. The summed E-state index contributed by atoms with van der Waals surface area (Å²) in [5.74, 6) is 0.282. The fourth-order valence-electron chi connectivity index (χ4n) is 1.25. The summed E-state index contributed by atoms with van der Waals surface area (Å²) >= 11 is 11.6. The van der Waals surface area contributed by atoms with Gasteiger partial charge in [0.1, 0.15) is 0 Å². The van der Waals surface area contributed by atoms with Gasteiger partial charge in [-0.1, -0.05) is 35.3 Å². The van der Waals surface area contributed by atoms with Crippen molar-refractivity contribution >= 4 is 29.2 Å². The van der Waals surface area contributed by atoms with Gasteiger partial charge in [-0.05, 0) is 22.9 Å². The zero-order chi connectivity index (χ0) is 10.8. The van der Waals surface area contributed by atoms with Crippen LogP contribution in [0.1, 0.15) is 5.56 Å². The Hall–Kier alpha value is -1.13. The maximum atomic E-state index is 5.84. The van der Waals surface area contributed by atoms with Crippen molar-refractivity contribution in [3.8, 4) is 0 Å². The van der Waals surface area contributed by atoms with E-state index in [1.54, 1.807) is 4.90 Å². The summed E-state index contributed by atoms with van der Waals surface area (Å²) in [6.07, 6.45) is 0. The van der Waals surface area contributed by atoms with Crippen molar-refractivity contribution in [3.05, 3.63) is 34.9 Å². The van der Waals surface area contributed by atoms with Gasteiger partial charge in [-0.15, -0.1) is 0 Å². The molecule has 80 valence electrons. The number of benzene rings is 1. The van der Waals surface area contributed by atoms with E-state index in [2.05, 4.69) is 5.16 Å². The first-order chi connectivity index (χ1) is 7.16. The maximum absolute atomic E-state index is 5.84. The number of hydrogen-bond acceptors (Lipinski definition) is 4. The minimum atomic E-state index is -0.638. The number of hydrogen-bond donors (Lipinski definition) is 1. The highest BCUT2D eigenvalue weighted by Crippen LogP contribution is 2.18. The molecule has 0 saturated heterocycles. The summed E-state index contributed by atoms with van der Waals surface area (Å²) in [5.41, 5.74) is 5.99. The van der Waals surface area contributed by atoms with Gasteiger partial charge in [-0.2, -0.15) is 0 Å². The molecule has 4 nitrogen and oxygen atoms in total. The van der Waals surface area contributed by atoms with Gasteiger partial charge in [0.05, 0.1) is 6.54 Å². The molecule has 1 atom stereocenters. The van der Waals surface area contributed by atoms with Gasteiger partial charge in [0.15, 0.2) is 0 Å². The molecule has 0 bridgehead atoms. The number of rotatable bonds is 2. The number of oxime groups is 1. The molecule has 0 aromatic heterocycles. The highest BCUT2D eigenvalue weighted by atomic mass is 35.5. The number of nitrogens with zero attached hydrogens (tertiary/aromatic N) is 2. The lowest BCUT2D eigenvalue weighted by Gasteiger charge is -2.18. The second kappa shape index (κ2) is 4.16. The zero-order valence-corrected chi connectivity index (χ0v) is 9.24. The van der Waals surface area contributed by atoms with Gasteiger partial charge in [-0.3, -0.25) is 4.90 Å². The lowest BCUT2D eigenvalue weighted by atomic mass is 10.2. The predicted octanol–water partition coefficient (Wildman–Crippen LogP) is 1.92. The van der Waals surface area contributed by atoms with E-state index >= 15 is 0 Å². The molecule has 0 aliphatic carbocycles. The number of halogens is 2. The summed E-state index contributed by atoms with van der Waals surface area (Å²) in [6.45, 7) is 0.542. The first-order valence-electron chi connectivity index (χ1n) is 4.31. The van der Waals surface area contributed by atoms with Crippen LogP contribution < -0.4 is 5.73 Å². The monoisotopic (exact) mass is 245 g/mol. The van der Waals surface area contributed by atoms with Crippen molar-refractivity contribution in [2.24, 2.45) is 10.9 Å². The van der Waals surface area contributed by atoms with Gasteiger partial charge in [-0.25, -0.2) is 0 Å². The van der Waals surface area contributed by atoms with Crippen molar-refractivity contribution in [3.63, 3.8) is 0 Å². The van der Waals surface area contributed by atoms with E-state index in [0.717, 1.165) is 5.56 Å². The first-order valence-corrected chi connectivity index (χ1v) is 5.13. The third kappa shape index (κ3) is 2.27. The Labute approximate surface area is 97.2 Å². The van der Waals surface area contributed by atoms with Crippen molar-refractivity contribution in [2.75, 3.05) is 0 Å². The Morgan fingerprint density at radius 1 is 1.40 bits per heavy atom. The standard InChI is InChI=1S/C9H9Cl2N3O/c10-7-3-1-6(2-4-7)5-14-8(11)15-13-9(14)12/h1-4,8H,5H2,(H2,12,13). The van der Waals surface area contributed by atoms with E-state index < -0.39 is 5.69 Å². The summed E-state index contributed by atoms with van der Waals surface area (Å²) in [7, 11) is 0. The molecule has 2 N–H and O–H groups in total. The molecule has 0 spiro atoms. The first kappa shape index (κ1) is 10.4. The third-order valence-corrected chi connectivity index (χ3v) is 2.61. The topological polar surface area (TPSA) is 50.9 Å².